The first kappa shape index (κ1) is 17.0. The molecule has 5 nitrogen and oxygen atoms in total. The number of hydrogen-bond donors (Lipinski definition) is 2. The van der Waals surface area contributed by atoms with Gasteiger partial charge in [0.15, 0.2) is 0 Å². The first-order valence-corrected chi connectivity index (χ1v) is 8.97. The van der Waals surface area contributed by atoms with Crippen LogP contribution in [-0.2, 0) is 16.1 Å². The first-order chi connectivity index (χ1) is 11.5. The maximum absolute atomic E-state index is 12.8. The molecule has 2 amide bonds. The van der Waals surface area contributed by atoms with Crippen molar-refractivity contribution in [3.63, 3.8) is 0 Å². The van der Waals surface area contributed by atoms with Crippen LogP contribution in [0.1, 0.15) is 51.0 Å². The second kappa shape index (κ2) is 7.34. The molecule has 0 bridgehead atoms. The van der Waals surface area contributed by atoms with Gasteiger partial charge in [-0.25, -0.2) is 0 Å². The average molecular weight is 329 g/mol. The molecule has 24 heavy (non-hydrogen) atoms. The van der Waals surface area contributed by atoms with Crippen molar-refractivity contribution in [3.8, 4) is 0 Å². The van der Waals surface area contributed by atoms with Gasteiger partial charge in [0, 0.05) is 37.2 Å². The van der Waals surface area contributed by atoms with Crippen LogP contribution in [0.25, 0.3) is 0 Å². The quantitative estimate of drug-likeness (QED) is 0.872. The SMILES string of the molecule is CC(=O)Nc1ccc(CN(C(=O)C2CC2)C2CCCCC2N)cc1. The third-order valence-electron chi connectivity index (χ3n) is 5.02. The van der Waals surface area contributed by atoms with Crippen molar-refractivity contribution in [1.82, 2.24) is 4.90 Å². The van der Waals surface area contributed by atoms with Gasteiger partial charge in [-0.1, -0.05) is 25.0 Å². The molecule has 3 N–H and O–H groups in total. The highest BCUT2D eigenvalue weighted by molar-refractivity contribution is 5.88. The zero-order valence-electron chi connectivity index (χ0n) is 14.3. The molecule has 0 saturated heterocycles. The van der Waals surface area contributed by atoms with E-state index in [0.29, 0.717) is 6.54 Å². The predicted molar refractivity (Wildman–Crippen MR) is 94.3 cm³/mol. The molecule has 2 atom stereocenters. The normalized spacial score (nSPS) is 23.6. The molecule has 0 radical (unpaired) electrons. The summed E-state index contributed by atoms with van der Waals surface area (Å²) in [5, 5.41) is 2.77. The molecule has 0 aromatic heterocycles. The summed E-state index contributed by atoms with van der Waals surface area (Å²) < 4.78 is 0. The Kier molecular flexibility index (Phi) is 5.19. The number of rotatable bonds is 5. The van der Waals surface area contributed by atoms with E-state index in [1.165, 1.54) is 6.92 Å². The van der Waals surface area contributed by atoms with E-state index in [9.17, 15) is 9.59 Å². The molecule has 2 unspecified atom stereocenters. The van der Waals surface area contributed by atoms with Gasteiger partial charge in [-0.3, -0.25) is 9.59 Å². The summed E-state index contributed by atoms with van der Waals surface area (Å²) in [6, 6.07) is 7.97. The van der Waals surface area contributed by atoms with Crippen LogP contribution in [0.4, 0.5) is 5.69 Å². The predicted octanol–water partition coefficient (Wildman–Crippen LogP) is 2.65. The van der Waals surface area contributed by atoms with Crippen molar-refractivity contribution >= 4 is 17.5 Å². The Hall–Kier alpha value is -1.88. The van der Waals surface area contributed by atoms with Gasteiger partial charge in [-0.2, -0.15) is 0 Å². The molecular formula is C19H27N3O2. The van der Waals surface area contributed by atoms with E-state index in [-0.39, 0.29) is 29.8 Å². The second-order valence-electron chi connectivity index (χ2n) is 7.13. The van der Waals surface area contributed by atoms with E-state index in [0.717, 1.165) is 49.8 Å². The summed E-state index contributed by atoms with van der Waals surface area (Å²) in [5.41, 5.74) is 8.19. The topological polar surface area (TPSA) is 75.4 Å². The van der Waals surface area contributed by atoms with Gasteiger partial charge in [0.05, 0.1) is 0 Å². The summed E-state index contributed by atoms with van der Waals surface area (Å²) in [4.78, 5) is 25.9. The Labute approximate surface area is 143 Å². The molecule has 2 aliphatic carbocycles. The number of nitrogens with zero attached hydrogens (tertiary/aromatic N) is 1. The van der Waals surface area contributed by atoms with Crippen LogP contribution in [0.5, 0.6) is 0 Å². The van der Waals surface area contributed by atoms with Crippen LogP contribution in [0, 0.1) is 5.92 Å². The van der Waals surface area contributed by atoms with E-state index in [2.05, 4.69) is 5.32 Å². The summed E-state index contributed by atoms with van der Waals surface area (Å²) in [6.07, 6.45) is 6.34. The summed E-state index contributed by atoms with van der Waals surface area (Å²) in [6.45, 7) is 2.10. The lowest BCUT2D eigenvalue weighted by atomic mass is 9.89. The fraction of sp³-hybridized carbons (Fsp3) is 0.579. The van der Waals surface area contributed by atoms with E-state index < -0.39 is 0 Å². The lowest BCUT2D eigenvalue weighted by Crippen LogP contribution is -2.52. The number of carbonyl (C=O) groups excluding carboxylic acids is 2. The maximum atomic E-state index is 12.8. The third kappa shape index (κ3) is 4.15. The standard InChI is InChI=1S/C19H27N3O2/c1-13(23)21-16-10-6-14(7-11-16)12-22(19(24)15-8-9-15)18-5-3-2-4-17(18)20/h6-7,10-11,15,17-18H,2-5,8-9,12,20H2,1H3,(H,21,23). The fourth-order valence-electron chi connectivity index (χ4n) is 3.54. The molecule has 2 saturated carbocycles. The van der Waals surface area contributed by atoms with Gasteiger partial charge < -0.3 is 16.0 Å². The number of nitrogens with two attached hydrogens (primary N) is 1. The highest BCUT2D eigenvalue weighted by Crippen LogP contribution is 2.34. The van der Waals surface area contributed by atoms with Crippen molar-refractivity contribution in [2.75, 3.05) is 5.32 Å². The first-order valence-electron chi connectivity index (χ1n) is 8.97. The van der Waals surface area contributed by atoms with Gasteiger partial charge in [0.25, 0.3) is 0 Å². The van der Waals surface area contributed by atoms with E-state index >= 15 is 0 Å². The molecule has 2 fully saturated rings. The minimum Gasteiger partial charge on any atom is -0.334 e. The number of carbonyl (C=O) groups is 2. The van der Waals surface area contributed by atoms with E-state index in [4.69, 9.17) is 5.73 Å². The molecule has 130 valence electrons. The second-order valence-corrected chi connectivity index (χ2v) is 7.13. The minimum atomic E-state index is -0.0820. The molecule has 2 aliphatic rings. The molecule has 0 aliphatic heterocycles. The van der Waals surface area contributed by atoms with Crippen molar-refractivity contribution in [1.29, 1.82) is 0 Å². The Morgan fingerprint density at radius 2 is 1.79 bits per heavy atom. The summed E-state index contributed by atoms with van der Waals surface area (Å²) in [5.74, 6) is 0.391. The number of benzene rings is 1. The molecule has 0 spiro atoms. The number of hydrogen-bond acceptors (Lipinski definition) is 3. The number of anilines is 1. The van der Waals surface area contributed by atoms with Crippen LogP contribution in [0.2, 0.25) is 0 Å². The van der Waals surface area contributed by atoms with E-state index in [1.54, 1.807) is 0 Å². The summed E-state index contributed by atoms with van der Waals surface area (Å²) >= 11 is 0. The van der Waals surface area contributed by atoms with Crippen molar-refractivity contribution < 1.29 is 9.59 Å². The van der Waals surface area contributed by atoms with Gasteiger partial charge in [0.2, 0.25) is 11.8 Å². The van der Waals surface area contributed by atoms with Crippen LogP contribution in [0.15, 0.2) is 24.3 Å². The largest absolute Gasteiger partial charge is 0.334 e. The monoisotopic (exact) mass is 329 g/mol. The zero-order chi connectivity index (χ0) is 17.1. The molecule has 1 aromatic rings. The Balaban J connectivity index is 1.73. The molecule has 1 aromatic carbocycles. The Morgan fingerprint density at radius 1 is 1.12 bits per heavy atom. The van der Waals surface area contributed by atoms with Crippen LogP contribution < -0.4 is 11.1 Å². The van der Waals surface area contributed by atoms with Crippen LogP contribution >= 0.6 is 0 Å². The highest BCUT2D eigenvalue weighted by atomic mass is 16.2. The van der Waals surface area contributed by atoms with Gasteiger partial charge in [0.1, 0.15) is 0 Å². The van der Waals surface area contributed by atoms with Crippen LogP contribution in [0.3, 0.4) is 0 Å². The maximum Gasteiger partial charge on any atom is 0.226 e. The van der Waals surface area contributed by atoms with Crippen molar-refractivity contribution in [2.24, 2.45) is 11.7 Å². The lowest BCUT2D eigenvalue weighted by molar-refractivity contribution is -0.136. The summed E-state index contributed by atoms with van der Waals surface area (Å²) in [7, 11) is 0. The van der Waals surface area contributed by atoms with Crippen molar-refractivity contribution in [2.45, 2.75) is 64.1 Å². The fourth-order valence-corrected chi connectivity index (χ4v) is 3.54. The minimum absolute atomic E-state index is 0.0820. The third-order valence-corrected chi connectivity index (χ3v) is 5.02. The zero-order valence-corrected chi connectivity index (χ0v) is 14.3. The van der Waals surface area contributed by atoms with E-state index in [1.807, 2.05) is 29.2 Å². The van der Waals surface area contributed by atoms with Gasteiger partial charge in [-0.15, -0.1) is 0 Å². The highest BCUT2D eigenvalue weighted by Gasteiger charge is 2.38. The lowest BCUT2D eigenvalue weighted by Gasteiger charge is -2.38. The molecule has 0 heterocycles. The molecule has 3 rings (SSSR count). The Bertz CT molecular complexity index is 595. The molecular weight excluding hydrogens is 302 g/mol. The van der Waals surface area contributed by atoms with Gasteiger partial charge in [-0.05, 0) is 43.4 Å². The number of amides is 2. The number of nitrogens with one attached hydrogen (secondary N) is 1. The van der Waals surface area contributed by atoms with Gasteiger partial charge >= 0.3 is 0 Å². The molecule has 5 heteroatoms. The van der Waals surface area contributed by atoms with Crippen molar-refractivity contribution in [3.05, 3.63) is 29.8 Å². The smallest absolute Gasteiger partial charge is 0.226 e. The average Bonchev–Trinajstić information content (AvgIpc) is 3.39. The Morgan fingerprint density at radius 3 is 2.38 bits per heavy atom. The van der Waals surface area contributed by atoms with Crippen LogP contribution in [-0.4, -0.2) is 28.8 Å².